The fraction of sp³-hybridized carbons (Fsp3) is 0.133. The van der Waals surface area contributed by atoms with Crippen molar-refractivity contribution in [1.82, 2.24) is 4.72 Å². The Labute approximate surface area is 210 Å². The third kappa shape index (κ3) is 7.20. The zero-order chi connectivity index (χ0) is 21.3. The van der Waals surface area contributed by atoms with Crippen LogP contribution in [-0.4, -0.2) is 25.5 Å². The first-order valence-corrected chi connectivity index (χ1v) is 9.40. The molecule has 0 heterocycles. The van der Waals surface area contributed by atoms with Crippen LogP contribution in [-0.2, 0) is 16.2 Å². The van der Waals surface area contributed by atoms with Crippen LogP contribution in [0, 0.1) is 10.1 Å². The molecule has 0 radical (unpaired) electrons. The van der Waals surface area contributed by atoms with Crippen LogP contribution in [0.4, 0.5) is 18.9 Å². The third-order valence-electron chi connectivity index (χ3n) is 3.17. The zero-order valence-electron chi connectivity index (χ0n) is 14.8. The number of alkyl halides is 3. The molecule has 0 aliphatic rings. The van der Waals surface area contributed by atoms with Crippen LogP contribution in [0.2, 0.25) is 5.02 Å². The van der Waals surface area contributed by atoms with Gasteiger partial charge in [0.2, 0.25) is 10.0 Å². The SMILES string of the molecule is CS(=O)(=O)NC(=O)c1cc(Oc2ccc(C(F)(F)F)cc2Cl)ccc1[N+](=O)[O-].[K+]. The zero-order valence-corrected chi connectivity index (χ0v) is 19.5. The monoisotopic (exact) mass is 477 g/mol. The van der Waals surface area contributed by atoms with E-state index in [1.807, 2.05) is 0 Å². The molecule has 29 heavy (non-hydrogen) atoms. The number of nitrogens with zero attached hydrogens (tertiary/aromatic N) is 1. The van der Waals surface area contributed by atoms with E-state index < -0.39 is 48.9 Å². The summed E-state index contributed by atoms with van der Waals surface area (Å²) in [5.74, 6) is -1.68. The largest absolute Gasteiger partial charge is 1.00 e. The topological polar surface area (TPSA) is 116 Å². The van der Waals surface area contributed by atoms with Crippen molar-refractivity contribution in [2.75, 3.05) is 6.26 Å². The second kappa shape index (κ2) is 9.72. The maximum atomic E-state index is 12.7. The van der Waals surface area contributed by atoms with Crippen LogP contribution >= 0.6 is 11.6 Å². The van der Waals surface area contributed by atoms with Gasteiger partial charge < -0.3 is 4.74 Å². The molecule has 0 aromatic heterocycles. The molecule has 0 aliphatic heterocycles. The molecular weight excluding hydrogens is 468 g/mol. The van der Waals surface area contributed by atoms with Gasteiger partial charge >= 0.3 is 57.6 Å². The fourth-order valence-electron chi connectivity index (χ4n) is 2.03. The number of nitrogens with one attached hydrogen (secondary N) is 1. The first kappa shape index (κ1) is 25.8. The smallest absolute Gasteiger partial charge is 0.456 e. The molecule has 0 unspecified atom stereocenters. The van der Waals surface area contributed by atoms with Gasteiger partial charge in [-0.15, -0.1) is 0 Å². The van der Waals surface area contributed by atoms with E-state index in [2.05, 4.69) is 0 Å². The molecule has 1 N–H and O–H groups in total. The number of hydrogen-bond donors (Lipinski definition) is 1. The van der Waals surface area contributed by atoms with Crippen molar-refractivity contribution in [2.45, 2.75) is 6.18 Å². The van der Waals surface area contributed by atoms with Gasteiger partial charge in [-0.25, -0.2) is 13.1 Å². The van der Waals surface area contributed by atoms with Crippen LogP contribution in [0.1, 0.15) is 15.9 Å². The molecule has 0 fully saturated rings. The summed E-state index contributed by atoms with van der Waals surface area (Å²) in [4.78, 5) is 22.2. The summed E-state index contributed by atoms with van der Waals surface area (Å²) < 4.78 is 67.2. The van der Waals surface area contributed by atoms with Crippen LogP contribution < -0.4 is 60.8 Å². The molecule has 0 saturated heterocycles. The van der Waals surface area contributed by atoms with Crippen LogP contribution in [0.5, 0.6) is 11.5 Å². The number of amides is 1. The molecule has 2 aromatic carbocycles. The van der Waals surface area contributed by atoms with E-state index in [9.17, 15) is 36.5 Å². The molecule has 14 heteroatoms. The predicted octanol–water partition coefficient (Wildman–Crippen LogP) is 0.753. The van der Waals surface area contributed by atoms with Gasteiger partial charge in [-0.3, -0.25) is 14.9 Å². The van der Waals surface area contributed by atoms with Gasteiger partial charge in [0.05, 0.1) is 21.8 Å². The van der Waals surface area contributed by atoms with E-state index in [1.165, 1.54) is 0 Å². The molecule has 2 rings (SSSR count). The van der Waals surface area contributed by atoms with Crippen LogP contribution in [0.3, 0.4) is 0 Å². The van der Waals surface area contributed by atoms with E-state index in [4.69, 9.17) is 16.3 Å². The Bertz CT molecular complexity index is 1060. The number of halogens is 4. The summed E-state index contributed by atoms with van der Waals surface area (Å²) in [6, 6.07) is 5.09. The van der Waals surface area contributed by atoms with Crippen LogP contribution in [0.15, 0.2) is 36.4 Å². The second-order valence-corrected chi connectivity index (χ2v) is 7.54. The summed E-state index contributed by atoms with van der Waals surface area (Å²) in [5, 5.41) is 10.7. The Morgan fingerprint density at radius 1 is 1.21 bits per heavy atom. The first-order chi connectivity index (χ1) is 12.8. The molecule has 150 valence electrons. The van der Waals surface area contributed by atoms with Crippen LogP contribution in [0.25, 0.3) is 0 Å². The number of nitro groups is 1. The van der Waals surface area contributed by atoms with E-state index in [-0.39, 0.29) is 62.9 Å². The summed E-state index contributed by atoms with van der Waals surface area (Å²) >= 11 is 5.76. The standard InChI is InChI=1S/C15H10ClF3N2O6S.K/c1-28(25,26)20-14(22)10-7-9(3-4-12(10)21(23)24)27-13-5-2-8(6-11(13)16)15(17,18)19;/h2-7H,1H3,(H,20,22);/q;+1. The van der Waals surface area contributed by atoms with Gasteiger partial charge in [0.15, 0.2) is 0 Å². The Balaban J connectivity index is 0.00000420. The predicted molar refractivity (Wildman–Crippen MR) is 91.9 cm³/mol. The summed E-state index contributed by atoms with van der Waals surface area (Å²) in [6.45, 7) is 0. The number of carbonyl (C=O) groups excluding carboxylic acids is 1. The summed E-state index contributed by atoms with van der Waals surface area (Å²) in [7, 11) is -4.00. The average Bonchev–Trinajstić information content (AvgIpc) is 2.54. The number of carbonyl (C=O) groups is 1. The number of nitro benzene ring substituents is 1. The molecule has 1 amide bonds. The van der Waals surface area contributed by atoms with Crippen molar-refractivity contribution in [1.29, 1.82) is 0 Å². The minimum Gasteiger partial charge on any atom is -0.456 e. The maximum absolute atomic E-state index is 12.7. The normalized spacial score (nSPS) is 11.3. The van der Waals surface area contributed by atoms with Crippen molar-refractivity contribution >= 4 is 33.2 Å². The Morgan fingerprint density at radius 3 is 2.31 bits per heavy atom. The van der Waals surface area contributed by atoms with Crippen molar-refractivity contribution in [2.24, 2.45) is 0 Å². The number of hydrogen-bond acceptors (Lipinski definition) is 6. The van der Waals surface area contributed by atoms with Gasteiger partial charge in [-0.05, 0) is 24.3 Å². The van der Waals surface area contributed by atoms with E-state index >= 15 is 0 Å². The molecule has 0 aliphatic carbocycles. The minimum atomic E-state index is -4.62. The van der Waals surface area contributed by atoms with Crippen molar-refractivity contribution in [3.8, 4) is 11.5 Å². The molecule has 0 bridgehead atoms. The van der Waals surface area contributed by atoms with Crippen molar-refractivity contribution in [3.05, 3.63) is 62.7 Å². The second-order valence-electron chi connectivity index (χ2n) is 5.38. The number of ether oxygens (including phenoxy) is 1. The van der Waals surface area contributed by atoms with E-state index in [0.717, 1.165) is 24.3 Å². The molecule has 0 spiro atoms. The quantitative estimate of drug-likeness (QED) is 0.386. The van der Waals surface area contributed by atoms with Crippen molar-refractivity contribution < 1.29 is 87.4 Å². The number of benzene rings is 2. The molecule has 0 saturated carbocycles. The Morgan fingerprint density at radius 2 is 1.83 bits per heavy atom. The van der Waals surface area contributed by atoms with E-state index in [1.54, 1.807) is 4.72 Å². The molecule has 0 atom stereocenters. The van der Waals surface area contributed by atoms with Gasteiger partial charge in [0, 0.05) is 12.1 Å². The Kier molecular flexibility index (Phi) is 8.65. The van der Waals surface area contributed by atoms with Crippen molar-refractivity contribution in [3.63, 3.8) is 0 Å². The van der Waals surface area contributed by atoms with Gasteiger partial charge in [0.1, 0.15) is 17.1 Å². The van der Waals surface area contributed by atoms with Gasteiger partial charge in [-0.2, -0.15) is 13.2 Å². The molecule has 8 nitrogen and oxygen atoms in total. The maximum Gasteiger partial charge on any atom is 1.00 e. The average molecular weight is 478 g/mol. The summed E-state index contributed by atoms with van der Waals surface area (Å²) in [5.41, 5.74) is -2.34. The van der Waals surface area contributed by atoms with E-state index in [0.29, 0.717) is 18.4 Å². The molecule has 2 aromatic rings. The Hall–Kier alpha value is -1.22. The third-order valence-corrected chi connectivity index (χ3v) is 4.03. The summed E-state index contributed by atoms with van der Waals surface area (Å²) in [6.07, 6.45) is -3.94. The number of rotatable bonds is 5. The number of sulfonamides is 1. The van der Waals surface area contributed by atoms with Gasteiger partial charge in [0.25, 0.3) is 11.6 Å². The molecular formula is C15H10ClF3KN2O6S+. The van der Waals surface area contributed by atoms with Gasteiger partial charge in [-0.1, -0.05) is 11.6 Å². The first-order valence-electron chi connectivity index (χ1n) is 7.13. The minimum absolute atomic E-state index is 0. The fourth-order valence-corrected chi connectivity index (χ4v) is 2.70.